The molecule has 2 aliphatic rings. The summed E-state index contributed by atoms with van der Waals surface area (Å²) < 4.78 is 43.1. The number of ether oxygens (including phenoxy) is 1. The van der Waals surface area contributed by atoms with Gasteiger partial charge in [-0.05, 0) is 18.8 Å². The molecule has 0 bridgehead atoms. The lowest BCUT2D eigenvalue weighted by Gasteiger charge is -2.35. The van der Waals surface area contributed by atoms with Crippen molar-refractivity contribution in [2.75, 3.05) is 44.3 Å². The van der Waals surface area contributed by atoms with Crippen molar-refractivity contribution in [2.24, 2.45) is 5.92 Å². The van der Waals surface area contributed by atoms with Crippen molar-refractivity contribution >= 4 is 22.4 Å². The lowest BCUT2D eigenvalue weighted by Crippen LogP contribution is -2.49. The number of halogens is 3. The maximum Gasteiger partial charge on any atom is 0.445 e. The van der Waals surface area contributed by atoms with Gasteiger partial charge in [0.05, 0.1) is 0 Å². The summed E-state index contributed by atoms with van der Waals surface area (Å²) in [4.78, 5) is 15.8. The summed E-state index contributed by atoms with van der Waals surface area (Å²) in [5.41, 5.74) is 0. The Balaban J connectivity index is 1.50. The molecule has 6 nitrogen and oxygen atoms in total. The highest BCUT2D eigenvalue weighted by molar-refractivity contribution is 7.15. The number of rotatable bonds is 3. The minimum absolute atomic E-state index is 0.0957. The van der Waals surface area contributed by atoms with Crippen LogP contribution < -0.4 is 4.90 Å². The molecule has 0 aromatic carbocycles. The maximum absolute atomic E-state index is 12.6. The van der Waals surface area contributed by atoms with Crippen LogP contribution in [-0.2, 0) is 15.7 Å². The van der Waals surface area contributed by atoms with E-state index in [0.717, 1.165) is 19.4 Å². The van der Waals surface area contributed by atoms with Gasteiger partial charge in [-0.1, -0.05) is 11.3 Å². The van der Waals surface area contributed by atoms with Gasteiger partial charge < -0.3 is 14.5 Å². The zero-order valence-corrected chi connectivity index (χ0v) is 13.9. The molecule has 2 fully saturated rings. The summed E-state index contributed by atoms with van der Waals surface area (Å²) >= 11 is 0.543. The Bertz CT molecular complexity index is 567. The number of piperazine rings is 1. The monoisotopic (exact) mass is 364 g/mol. The Labute approximate surface area is 141 Å². The first-order chi connectivity index (χ1) is 11.4. The number of alkyl halides is 3. The zero-order chi connectivity index (χ0) is 17.2. The largest absolute Gasteiger partial charge is 0.445 e. The van der Waals surface area contributed by atoms with Gasteiger partial charge in [0.25, 0.3) is 0 Å². The van der Waals surface area contributed by atoms with Crippen molar-refractivity contribution in [3.8, 4) is 0 Å². The number of carbonyl (C=O) groups is 1. The van der Waals surface area contributed by atoms with Crippen molar-refractivity contribution in [1.82, 2.24) is 15.1 Å². The van der Waals surface area contributed by atoms with Crippen LogP contribution >= 0.6 is 11.3 Å². The van der Waals surface area contributed by atoms with Gasteiger partial charge in [0, 0.05) is 45.8 Å². The van der Waals surface area contributed by atoms with Crippen LogP contribution in [0.15, 0.2) is 0 Å². The Hall–Kier alpha value is -1.42. The van der Waals surface area contributed by atoms with Gasteiger partial charge in [-0.25, -0.2) is 0 Å². The molecular formula is C14H19F3N4O2S. The highest BCUT2D eigenvalue weighted by Gasteiger charge is 2.36. The van der Waals surface area contributed by atoms with Crippen molar-refractivity contribution in [3.63, 3.8) is 0 Å². The highest BCUT2D eigenvalue weighted by atomic mass is 32.1. The van der Waals surface area contributed by atoms with E-state index in [-0.39, 0.29) is 17.0 Å². The highest BCUT2D eigenvalue weighted by Crippen LogP contribution is 2.34. The number of nitrogens with zero attached hydrogens (tertiary/aromatic N) is 4. The average molecular weight is 364 g/mol. The van der Waals surface area contributed by atoms with Gasteiger partial charge in [0.2, 0.25) is 16.0 Å². The molecule has 0 spiro atoms. The molecule has 0 N–H and O–H groups in total. The molecule has 2 saturated heterocycles. The van der Waals surface area contributed by atoms with Crippen molar-refractivity contribution < 1.29 is 22.7 Å². The van der Waals surface area contributed by atoms with E-state index in [1.54, 1.807) is 9.80 Å². The van der Waals surface area contributed by atoms with Gasteiger partial charge >= 0.3 is 6.18 Å². The average Bonchev–Trinajstić information content (AvgIpc) is 3.06. The van der Waals surface area contributed by atoms with Crippen LogP contribution in [0.25, 0.3) is 0 Å². The van der Waals surface area contributed by atoms with Crippen molar-refractivity contribution in [2.45, 2.75) is 25.4 Å². The molecule has 24 heavy (non-hydrogen) atoms. The SMILES string of the molecule is O=C(CC1CCCOC1)N1CCN(c2nnc(C(F)(F)F)s2)CC1. The van der Waals surface area contributed by atoms with E-state index in [1.807, 2.05) is 0 Å². The first kappa shape index (κ1) is 17.4. The lowest BCUT2D eigenvalue weighted by atomic mass is 9.98. The van der Waals surface area contributed by atoms with Gasteiger partial charge in [0.1, 0.15) is 0 Å². The molecule has 1 aromatic heterocycles. The molecule has 0 saturated carbocycles. The number of carbonyl (C=O) groups excluding carboxylic acids is 1. The number of aromatic nitrogens is 2. The fraction of sp³-hybridized carbons (Fsp3) is 0.786. The van der Waals surface area contributed by atoms with E-state index in [0.29, 0.717) is 50.5 Å². The van der Waals surface area contributed by atoms with E-state index in [4.69, 9.17) is 4.74 Å². The molecule has 10 heteroatoms. The molecule has 3 heterocycles. The van der Waals surface area contributed by atoms with Crippen molar-refractivity contribution in [1.29, 1.82) is 0 Å². The van der Waals surface area contributed by atoms with E-state index in [9.17, 15) is 18.0 Å². The van der Waals surface area contributed by atoms with Crippen LogP contribution in [0, 0.1) is 5.92 Å². The third-order valence-electron chi connectivity index (χ3n) is 4.28. The van der Waals surface area contributed by atoms with Gasteiger partial charge in [-0.15, -0.1) is 10.2 Å². The molecule has 134 valence electrons. The molecule has 1 aromatic rings. The van der Waals surface area contributed by atoms with Crippen LogP contribution in [0.3, 0.4) is 0 Å². The second kappa shape index (κ2) is 7.22. The smallest absolute Gasteiger partial charge is 0.381 e. The molecular weight excluding hydrogens is 345 g/mol. The maximum atomic E-state index is 12.6. The fourth-order valence-corrected chi connectivity index (χ4v) is 3.71. The summed E-state index contributed by atoms with van der Waals surface area (Å²) in [6.07, 6.45) is -1.98. The summed E-state index contributed by atoms with van der Waals surface area (Å²) in [6, 6.07) is 0. The van der Waals surface area contributed by atoms with Crippen LogP contribution in [0.5, 0.6) is 0 Å². The number of amides is 1. The Morgan fingerprint density at radius 2 is 2.00 bits per heavy atom. The second-order valence-electron chi connectivity index (χ2n) is 6.04. The quantitative estimate of drug-likeness (QED) is 0.821. The van der Waals surface area contributed by atoms with Gasteiger partial charge in [-0.2, -0.15) is 13.2 Å². The van der Waals surface area contributed by atoms with Crippen molar-refractivity contribution in [3.05, 3.63) is 5.01 Å². The van der Waals surface area contributed by atoms with Gasteiger partial charge in [0.15, 0.2) is 0 Å². The van der Waals surface area contributed by atoms with Crippen LogP contribution in [0.4, 0.5) is 18.3 Å². The minimum atomic E-state index is -4.46. The molecule has 0 radical (unpaired) electrons. The molecule has 3 rings (SSSR count). The second-order valence-corrected chi connectivity index (χ2v) is 7.00. The first-order valence-electron chi connectivity index (χ1n) is 7.94. The standard InChI is InChI=1S/C14H19F3N4O2S/c15-14(16,17)12-18-19-13(24-12)21-5-3-20(4-6-21)11(22)8-10-2-1-7-23-9-10/h10H,1-9H2. The molecule has 1 atom stereocenters. The molecule has 1 amide bonds. The summed E-state index contributed by atoms with van der Waals surface area (Å²) in [5, 5.41) is 6.15. The number of anilines is 1. The van der Waals surface area contributed by atoms with Gasteiger partial charge in [-0.3, -0.25) is 4.79 Å². The topological polar surface area (TPSA) is 58.6 Å². The number of hydrogen-bond acceptors (Lipinski definition) is 6. The van der Waals surface area contributed by atoms with E-state index in [2.05, 4.69) is 10.2 Å². The van der Waals surface area contributed by atoms with Crippen LogP contribution in [-0.4, -0.2) is 60.4 Å². The van der Waals surface area contributed by atoms with E-state index >= 15 is 0 Å². The normalized spacial score (nSPS) is 22.7. The fourth-order valence-electron chi connectivity index (χ4n) is 2.95. The van der Waals surface area contributed by atoms with E-state index < -0.39 is 11.2 Å². The predicted molar refractivity (Wildman–Crippen MR) is 81.9 cm³/mol. The molecule has 1 unspecified atom stereocenters. The van der Waals surface area contributed by atoms with Crippen LogP contribution in [0.1, 0.15) is 24.3 Å². The Kier molecular flexibility index (Phi) is 5.24. The minimum Gasteiger partial charge on any atom is -0.381 e. The molecule has 2 aliphatic heterocycles. The molecule has 0 aliphatic carbocycles. The lowest BCUT2D eigenvalue weighted by molar-refractivity contribution is -0.138. The predicted octanol–water partition coefficient (Wildman–Crippen LogP) is 2.02. The summed E-state index contributed by atoms with van der Waals surface area (Å²) in [5.74, 6) is 0.375. The van der Waals surface area contributed by atoms with Crippen LogP contribution in [0.2, 0.25) is 0 Å². The Morgan fingerprint density at radius 3 is 2.58 bits per heavy atom. The zero-order valence-electron chi connectivity index (χ0n) is 13.1. The first-order valence-corrected chi connectivity index (χ1v) is 8.76. The summed E-state index contributed by atoms with van der Waals surface area (Å²) in [6.45, 7) is 3.33. The number of hydrogen-bond donors (Lipinski definition) is 0. The third-order valence-corrected chi connectivity index (χ3v) is 5.31. The third kappa shape index (κ3) is 4.15. The van der Waals surface area contributed by atoms with E-state index in [1.165, 1.54) is 0 Å². The Morgan fingerprint density at radius 1 is 1.25 bits per heavy atom. The summed E-state index contributed by atoms with van der Waals surface area (Å²) in [7, 11) is 0.